The van der Waals surface area contributed by atoms with Crippen LogP contribution in [0.25, 0.3) is 0 Å². The third-order valence-corrected chi connectivity index (χ3v) is 2.73. The smallest absolute Gasteiger partial charge is 0.221 e. The SMILES string of the molecule is CC(C)(C)CC(NC(=O)CCN)c1ccccc1.Cl. The lowest BCUT2D eigenvalue weighted by Crippen LogP contribution is -2.32. The molecule has 0 aromatic heterocycles. The lowest BCUT2D eigenvalue weighted by molar-refractivity contribution is -0.121. The van der Waals surface area contributed by atoms with Gasteiger partial charge in [0.1, 0.15) is 0 Å². The van der Waals surface area contributed by atoms with Gasteiger partial charge >= 0.3 is 0 Å². The van der Waals surface area contributed by atoms with Crippen LogP contribution >= 0.6 is 12.4 Å². The third kappa shape index (κ3) is 7.19. The Morgan fingerprint density at radius 2 is 1.84 bits per heavy atom. The minimum Gasteiger partial charge on any atom is -0.349 e. The van der Waals surface area contributed by atoms with Gasteiger partial charge in [0.15, 0.2) is 0 Å². The van der Waals surface area contributed by atoms with E-state index < -0.39 is 0 Å². The number of nitrogens with one attached hydrogen (secondary N) is 1. The van der Waals surface area contributed by atoms with Crippen molar-refractivity contribution in [2.75, 3.05) is 6.54 Å². The summed E-state index contributed by atoms with van der Waals surface area (Å²) in [5.74, 6) is 0.0237. The Hall–Kier alpha value is -1.06. The molecular formula is C15H25ClN2O. The van der Waals surface area contributed by atoms with Crippen molar-refractivity contribution in [3.8, 4) is 0 Å². The molecule has 0 heterocycles. The molecule has 1 amide bonds. The normalized spacial score (nSPS) is 12.4. The highest BCUT2D eigenvalue weighted by molar-refractivity contribution is 5.85. The van der Waals surface area contributed by atoms with Crippen molar-refractivity contribution in [3.63, 3.8) is 0 Å². The van der Waals surface area contributed by atoms with Crippen LogP contribution < -0.4 is 11.1 Å². The highest BCUT2D eigenvalue weighted by Gasteiger charge is 2.21. The van der Waals surface area contributed by atoms with Crippen molar-refractivity contribution in [2.24, 2.45) is 11.1 Å². The maximum Gasteiger partial charge on any atom is 0.221 e. The Labute approximate surface area is 122 Å². The van der Waals surface area contributed by atoms with Gasteiger partial charge in [0.2, 0.25) is 5.91 Å². The summed E-state index contributed by atoms with van der Waals surface area (Å²) in [6.45, 7) is 6.93. The first-order valence-electron chi connectivity index (χ1n) is 6.47. The fraction of sp³-hybridized carbons (Fsp3) is 0.533. The molecule has 0 fully saturated rings. The predicted octanol–water partition coefficient (Wildman–Crippen LogP) is 3.05. The zero-order valence-electron chi connectivity index (χ0n) is 12.0. The molecule has 0 saturated carbocycles. The Bertz CT molecular complexity index is 373. The van der Waals surface area contributed by atoms with E-state index in [2.05, 4.69) is 38.2 Å². The summed E-state index contributed by atoms with van der Waals surface area (Å²) in [5.41, 5.74) is 6.72. The van der Waals surface area contributed by atoms with Crippen molar-refractivity contribution in [3.05, 3.63) is 35.9 Å². The molecular weight excluding hydrogens is 260 g/mol. The molecule has 3 nitrogen and oxygen atoms in total. The number of hydrogen-bond donors (Lipinski definition) is 2. The molecule has 1 aromatic rings. The summed E-state index contributed by atoms with van der Waals surface area (Å²) in [6, 6.07) is 10.2. The van der Waals surface area contributed by atoms with Gasteiger partial charge in [-0.3, -0.25) is 4.79 Å². The molecule has 0 aliphatic carbocycles. The van der Waals surface area contributed by atoms with E-state index in [1.165, 1.54) is 0 Å². The maximum atomic E-state index is 11.7. The average Bonchev–Trinajstić information content (AvgIpc) is 2.28. The number of amides is 1. The van der Waals surface area contributed by atoms with E-state index in [1.54, 1.807) is 0 Å². The predicted molar refractivity (Wildman–Crippen MR) is 82.3 cm³/mol. The Balaban J connectivity index is 0.00000324. The summed E-state index contributed by atoms with van der Waals surface area (Å²) in [5, 5.41) is 3.07. The van der Waals surface area contributed by atoms with E-state index in [1.807, 2.05) is 18.2 Å². The van der Waals surface area contributed by atoms with Crippen molar-refractivity contribution >= 4 is 18.3 Å². The summed E-state index contributed by atoms with van der Waals surface area (Å²) in [6.07, 6.45) is 1.29. The van der Waals surface area contributed by atoms with E-state index in [-0.39, 0.29) is 29.8 Å². The van der Waals surface area contributed by atoms with Gasteiger partial charge in [0.25, 0.3) is 0 Å². The monoisotopic (exact) mass is 284 g/mol. The molecule has 1 rings (SSSR count). The van der Waals surface area contributed by atoms with Gasteiger partial charge < -0.3 is 11.1 Å². The molecule has 4 heteroatoms. The molecule has 108 valence electrons. The highest BCUT2D eigenvalue weighted by Crippen LogP contribution is 2.29. The van der Waals surface area contributed by atoms with E-state index in [9.17, 15) is 4.79 Å². The number of benzene rings is 1. The average molecular weight is 285 g/mol. The zero-order valence-corrected chi connectivity index (χ0v) is 12.8. The van der Waals surface area contributed by atoms with Crippen LogP contribution in [0.15, 0.2) is 30.3 Å². The minimum atomic E-state index is 0. The molecule has 0 spiro atoms. The summed E-state index contributed by atoms with van der Waals surface area (Å²) in [7, 11) is 0. The molecule has 0 saturated heterocycles. The van der Waals surface area contributed by atoms with Gasteiger partial charge in [0.05, 0.1) is 6.04 Å². The van der Waals surface area contributed by atoms with E-state index in [4.69, 9.17) is 5.73 Å². The lowest BCUT2D eigenvalue weighted by Gasteiger charge is -2.27. The Morgan fingerprint density at radius 1 is 1.26 bits per heavy atom. The first kappa shape index (κ1) is 17.9. The largest absolute Gasteiger partial charge is 0.349 e. The lowest BCUT2D eigenvalue weighted by atomic mass is 9.85. The molecule has 0 aliphatic rings. The molecule has 1 aromatic carbocycles. The minimum absolute atomic E-state index is 0. The topological polar surface area (TPSA) is 55.1 Å². The number of carbonyl (C=O) groups is 1. The standard InChI is InChI=1S/C15H24N2O.ClH/c1-15(2,3)11-13(17-14(18)9-10-16)12-7-5-4-6-8-12;/h4-8,13H,9-11,16H2,1-3H3,(H,17,18);1H. The summed E-state index contributed by atoms with van der Waals surface area (Å²) in [4.78, 5) is 11.7. The number of rotatable bonds is 5. The fourth-order valence-electron chi connectivity index (χ4n) is 1.95. The van der Waals surface area contributed by atoms with Gasteiger partial charge in [-0.1, -0.05) is 51.1 Å². The molecule has 3 N–H and O–H groups in total. The van der Waals surface area contributed by atoms with Crippen LogP contribution in [0.4, 0.5) is 0 Å². The molecule has 0 radical (unpaired) electrons. The van der Waals surface area contributed by atoms with Crippen LogP contribution in [-0.4, -0.2) is 12.5 Å². The summed E-state index contributed by atoms with van der Waals surface area (Å²) < 4.78 is 0. The van der Waals surface area contributed by atoms with Gasteiger partial charge in [0, 0.05) is 13.0 Å². The maximum absolute atomic E-state index is 11.7. The van der Waals surface area contributed by atoms with Gasteiger partial charge in [-0.2, -0.15) is 0 Å². The van der Waals surface area contributed by atoms with Crippen molar-refractivity contribution in [1.29, 1.82) is 0 Å². The van der Waals surface area contributed by atoms with Crippen LogP contribution in [0.5, 0.6) is 0 Å². The van der Waals surface area contributed by atoms with Gasteiger partial charge in [-0.05, 0) is 17.4 Å². The number of nitrogens with two attached hydrogens (primary N) is 1. The quantitative estimate of drug-likeness (QED) is 0.873. The van der Waals surface area contributed by atoms with Crippen molar-refractivity contribution in [1.82, 2.24) is 5.32 Å². The second kappa shape index (κ2) is 8.18. The van der Waals surface area contributed by atoms with Crippen LogP contribution in [0.2, 0.25) is 0 Å². The molecule has 19 heavy (non-hydrogen) atoms. The first-order valence-corrected chi connectivity index (χ1v) is 6.47. The second-order valence-corrected chi connectivity index (χ2v) is 5.83. The number of halogens is 1. The third-order valence-electron chi connectivity index (χ3n) is 2.73. The van der Waals surface area contributed by atoms with Crippen molar-refractivity contribution < 1.29 is 4.79 Å². The molecule has 1 unspecified atom stereocenters. The molecule has 0 aliphatic heterocycles. The van der Waals surface area contributed by atoms with Crippen LogP contribution in [0.3, 0.4) is 0 Å². The highest BCUT2D eigenvalue weighted by atomic mass is 35.5. The van der Waals surface area contributed by atoms with E-state index in [0.29, 0.717) is 13.0 Å². The summed E-state index contributed by atoms with van der Waals surface area (Å²) >= 11 is 0. The zero-order chi connectivity index (χ0) is 13.6. The first-order chi connectivity index (χ1) is 8.42. The van der Waals surface area contributed by atoms with Crippen LogP contribution in [0, 0.1) is 5.41 Å². The number of carbonyl (C=O) groups excluding carboxylic acids is 1. The molecule has 1 atom stereocenters. The van der Waals surface area contributed by atoms with Gasteiger partial charge in [-0.15, -0.1) is 12.4 Å². The Morgan fingerprint density at radius 3 is 2.32 bits per heavy atom. The van der Waals surface area contributed by atoms with Crippen LogP contribution in [0.1, 0.15) is 45.2 Å². The number of hydrogen-bond acceptors (Lipinski definition) is 2. The van der Waals surface area contributed by atoms with Crippen molar-refractivity contribution in [2.45, 2.75) is 39.7 Å². The molecule has 0 bridgehead atoms. The van der Waals surface area contributed by atoms with Gasteiger partial charge in [-0.25, -0.2) is 0 Å². The Kier molecular flexibility index (Phi) is 7.72. The van der Waals surface area contributed by atoms with E-state index in [0.717, 1.165) is 12.0 Å². The fourth-order valence-corrected chi connectivity index (χ4v) is 1.95. The van der Waals surface area contributed by atoms with E-state index >= 15 is 0 Å². The second-order valence-electron chi connectivity index (χ2n) is 5.83. The van der Waals surface area contributed by atoms with Crippen LogP contribution in [-0.2, 0) is 4.79 Å².